The third-order valence-corrected chi connectivity index (χ3v) is 4.37. The topological polar surface area (TPSA) is 41.5 Å². The Morgan fingerprint density at radius 2 is 2.22 bits per heavy atom. The average molecular weight is 314 g/mol. The molecule has 0 spiro atoms. The standard InChI is InChI=1S/C14H20BrNO2/c1-10(16-8-14(9-17)5-6-14)11-3-4-13(18-2)12(15)7-11/h3-4,7,10,16-17H,5-6,8-9H2,1-2H3. The molecular formula is C14H20BrNO2. The van der Waals surface area contributed by atoms with Gasteiger partial charge in [0, 0.05) is 24.6 Å². The van der Waals surface area contributed by atoms with Crippen LogP contribution in [0.4, 0.5) is 0 Å². The van der Waals surface area contributed by atoms with E-state index in [-0.39, 0.29) is 11.5 Å². The maximum Gasteiger partial charge on any atom is 0.133 e. The van der Waals surface area contributed by atoms with Crippen LogP contribution in [0.15, 0.2) is 22.7 Å². The first-order valence-corrected chi connectivity index (χ1v) is 7.07. The van der Waals surface area contributed by atoms with Crippen LogP contribution in [0.2, 0.25) is 0 Å². The molecule has 0 saturated heterocycles. The number of hydrogen-bond donors (Lipinski definition) is 2. The highest BCUT2D eigenvalue weighted by Gasteiger charge is 2.41. The molecule has 100 valence electrons. The molecule has 2 N–H and O–H groups in total. The summed E-state index contributed by atoms with van der Waals surface area (Å²) in [6, 6.07) is 6.39. The van der Waals surface area contributed by atoms with Gasteiger partial charge in [-0.1, -0.05) is 6.07 Å². The van der Waals surface area contributed by atoms with Gasteiger partial charge >= 0.3 is 0 Å². The number of nitrogens with one attached hydrogen (secondary N) is 1. The highest BCUT2D eigenvalue weighted by molar-refractivity contribution is 9.10. The van der Waals surface area contributed by atoms with E-state index in [9.17, 15) is 5.11 Å². The fourth-order valence-electron chi connectivity index (χ4n) is 2.01. The van der Waals surface area contributed by atoms with Crippen LogP contribution >= 0.6 is 15.9 Å². The van der Waals surface area contributed by atoms with Crippen molar-refractivity contribution >= 4 is 15.9 Å². The van der Waals surface area contributed by atoms with E-state index in [1.807, 2.05) is 6.07 Å². The van der Waals surface area contributed by atoms with Crippen LogP contribution in [-0.4, -0.2) is 25.4 Å². The van der Waals surface area contributed by atoms with E-state index in [0.717, 1.165) is 29.6 Å². The lowest BCUT2D eigenvalue weighted by molar-refractivity contribution is 0.204. The molecule has 4 heteroatoms. The fraction of sp³-hybridized carbons (Fsp3) is 0.571. The summed E-state index contributed by atoms with van der Waals surface area (Å²) in [5.41, 5.74) is 1.37. The number of rotatable bonds is 6. The van der Waals surface area contributed by atoms with Crippen molar-refractivity contribution in [3.63, 3.8) is 0 Å². The Balaban J connectivity index is 1.96. The summed E-state index contributed by atoms with van der Waals surface area (Å²) in [5, 5.41) is 12.8. The summed E-state index contributed by atoms with van der Waals surface area (Å²) in [5.74, 6) is 0.847. The lowest BCUT2D eigenvalue weighted by atomic mass is 10.1. The summed E-state index contributed by atoms with van der Waals surface area (Å²) in [6.45, 7) is 3.31. The highest BCUT2D eigenvalue weighted by atomic mass is 79.9. The maximum atomic E-state index is 9.29. The van der Waals surface area contributed by atoms with E-state index in [2.05, 4.69) is 40.3 Å². The second-order valence-corrected chi connectivity index (χ2v) is 6.01. The number of aliphatic hydroxyl groups is 1. The molecule has 1 aliphatic rings. The smallest absolute Gasteiger partial charge is 0.133 e. The quantitative estimate of drug-likeness (QED) is 0.848. The van der Waals surface area contributed by atoms with E-state index in [1.165, 1.54) is 5.56 Å². The summed E-state index contributed by atoms with van der Waals surface area (Å²) in [6.07, 6.45) is 2.27. The van der Waals surface area contributed by atoms with E-state index in [4.69, 9.17) is 4.74 Å². The largest absolute Gasteiger partial charge is 0.496 e. The van der Waals surface area contributed by atoms with Gasteiger partial charge in [-0.05, 0) is 53.4 Å². The fourth-order valence-corrected chi connectivity index (χ4v) is 2.57. The normalized spacial score (nSPS) is 18.4. The molecule has 1 fully saturated rings. The molecule has 0 aromatic heterocycles. The lowest BCUT2D eigenvalue weighted by Crippen LogP contribution is -2.28. The number of methoxy groups -OCH3 is 1. The molecule has 1 aromatic rings. The van der Waals surface area contributed by atoms with Crippen LogP contribution < -0.4 is 10.1 Å². The van der Waals surface area contributed by atoms with Crippen LogP contribution in [0.5, 0.6) is 5.75 Å². The van der Waals surface area contributed by atoms with Crippen LogP contribution in [0.3, 0.4) is 0 Å². The molecule has 1 saturated carbocycles. The predicted molar refractivity (Wildman–Crippen MR) is 75.9 cm³/mol. The number of aliphatic hydroxyl groups excluding tert-OH is 1. The first kappa shape index (κ1) is 13.8. The van der Waals surface area contributed by atoms with Gasteiger partial charge in [-0.2, -0.15) is 0 Å². The second-order valence-electron chi connectivity index (χ2n) is 5.15. The van der Waals surface area contributed by atoms with Gasteiger partial charge in [0.1, 0.15) is 5.75 Å². The van der Waals surface area contributed by atoms with Crippen LogP contribution in [0.25, 0.3) is 0 Å². The van der Waals surface area contributed by atoms with Gasteiger partial charge in [-0.25, -0.2) is 0 Å². The van der Waals surface area contributed by atoms with Crippen molar-refractivity contribution in [2.24, 2.45) is 5.41 Å². The van der Waals surface area contributed by atoms with Crippen LogP contribution in [-0.2, 0) is 0 Å². The van der Waals surface area contributed by atoms with Gasteiger partial charge in [0.2, 0.25) is 0 Å². The van der Waals surface area contributed by atoms with Gasteiger partial charge in [-0.15, -0.1) is 0 Å². The van der Waals surface area contributed by atoms with Crippen molar-refractivity contribution in [1.82, 2.24) is 5.32 Å². The van der Waals surface area contributed by atoms with E-state index in [0.29, 0.717) is 6.61 Å². The molecule has 0 bridgehead atoms. The Bertz CT molecular complexity index is 418. The molecule has 0 heterocycles. The Morgan fingerprint density at radius 1 is 1.50 bits per heavy atom. The Morgan fingerprint density at radius 3 is 2.72 bits per heavy atom. The highest BCUT2D eigenvalue weighted by Crippen LogP contribution is 2.44. The molecule has 18 heavy (non-hydrogen) atoms. The lowest BCUT2D eigenvalue weighted by Gasteiger charge is -2.19. The zero-order valence-electron chi connectivity index (χ0n) is 10.9. The van der Waals surface area contributed by atoms with Gasteiger partial charge in [0.25, 0.3) is 0 Å². The molecule has 1 aromatic carbocycles. The molecule has 1 unspecified atom stereocenters. The summed E-state index contributed by atoms with van der Waals surface area (Å²) < 4.78 is 6.19. The van der Waals surface area contributed by atoms with Gasteiger partial charge < -0.3 is 15.2 Å². The minimum Gasteiger partial charge on any atom is -0.496 e. The van der Waals surface area contributed by atoms with Crippen LogP contribution in [0, 0.1) is 5.41 Å². The first-order valence-electron chi connectivity index (χ1n) is 6.28. The first-order chi connectivity index (χ1) is 8.60. The van der Waals surface area contributed by atoms with Gasteiger partial charge in [-0.3, -0.25) is 0 Å². The third kappa shape index (κ3) is 3.05. The molecule has 0 amide bonds. The summed E-state index contributed by atoms with van der Waals surface area (Å²) in [7, 11) is 1.67. The second kappa shape index (κ2) is 5.59. The summed E-state index contributed by atoms with van der Waals surface area (Å²) >= 11 is 3.50. The zero-order valence-corrected chi connectivity index (χ0v) is 12.5. The summed E-state index contributed by atoms with van der Waals surface area (Å²) in [4.78, 5) is 0. The van der Waals surface area contributed by atoms with Crippen LogP contribution in [0.1, 0.15) is 31.4 Å². The number of halogens is 1. The van der Waals surface area contributed by atoms with Crippen molar-refractivity contribution in [1.29, 1.82) is 0 Å². The maximum absolute atomic E-state index is 9.29. The Hall–Kier alpha value is -0.580. The van der Waals surface area contributed by atoms with Crippen molar-refractivity contribution in [2.45, 2.75) is 25.8 Å². The molecular weight excluding hydrogens is 294 g/mol. The van der Waals surface area contributed by atoms with Gasteiger partial charge in [0.05, 0.1) is 11.6 Å². The number of benzene rings is 1. The Labute approximate surface area is 117 Å². The average Bonchev–Trinajstić information content (AvgIpc) is 3.16. The van der Waals surface area contributed by atoms with Crippen molar-refractivity contribution < 1.29 is 9.84 Å². The number of ether oxygens (including phenoxy) is 1. The van der Waals surface area contributed by atoms with Gasteiger partial charge in [0.15, 0.2) is 0 Å². The third-order valence-electron chi connectivity index (χ3n) is 3.75. The van der Waals surface area contributed by atoms with Crippen molar-refractivity contribution in [2.75, 3.05) is 20.3 Å². The molecule has 2 rings (SSSR count). The molecule has 1 atom stereocenters. The minimum atomic E-state index is 0.151. The SMILES string of the molecule is COc1ccc(C(C)NCC2(CO)CC2)cc1Br. The van der Waals surface area contributed by atoms with Crippen molar-refractivity contribution in [3.8, 4) is 5.75 Å². The van der Waals surface area contributed by atoms with E-state index >= 15 is 0 Å². The monoisotopic (exact) mass is 313 g/mol. The minimum absolute atomic E-state index is 0.151. The van der Waals surface area contributed by atoms with E-state index in [1.54, 1.807) is 7.11 Å². The number of hydrogen-bond acceptors (Lipinski definition) is 3. The zero-order chi connectivity index (χ0) is 13.2. The predicted octanol–water partition coefficient (Wildman–Crippen LogP) is 2.88. The molecule has 0 aliphatic heterocycles. The molecule has 0 radical (unpaired) electrons. The Kier molecular flexibility index (Phi) is 4.30. The van der Waals surface area contributed by atoms with Crippen molar-refractivity contribution in [3.05, 3.63) is 28.2 Å². The molecule has 1 aliphatic carbocycles. The molecule has 3 nitrogen and oxygen atoms in total. The van der Waals surface area contributed by atoms with E-state index < -0.39 is 0 Å².